The number of aromatic carboxylic acids is 1. The predicted molar refractivity (Wildman–Crippen MR) is 72.7 cm³/mol. The lowest BCUT2D eigenvalue weighted by atomic mass is 10.2. The minimum Gasteiger partial charge on any atom is -0.507 e. The van der Waals surface area contributed by atoms with Crippen LogP contribution in [0.3, 0.4) is 0 Å². The maximum Gasteiger partial charge on any atom is 0.339 e. The molecule has 0 radical (unpaired) electrons. The summed E-state index contributed by atoms with van der Waals surface area (Å²) in [6, 6.07) is 3.02. The first kappa shape index (κ1) is 14.3. The van der Waals surface area contributed by atoms with Crippen molar-refractivity contribution in [2.45, 2.75) is 11.8 Å². The second-order valence-corrected chi connectivity index (χ2v) is 6.42. The Morgan fingerprint density at radius 1 is 1.40 bits per heavy atom. The van der Waals surface area contributed by atoms with Crippen LogP contribution in [0.25, 0.3) is 0 Å². The zero-order valence-electron chi connectivity index (χ0n) is 10.2. The number of carbonyl (C=O) groups is 1. The fourth-order valence-corrected chi connectivity index (χ4v) is 3.40. The van der Waals surface area contributed by atoms with E-state index in [1.165, 1.54) is 0 Å². The maximum atomic E-state index is 12.1. The van der Waals surface area contributed by atoms with Crippen LogP contribution in [-0.4, -0.2) is 29.6 Å². The van der Waals surface area contributed by atoms with Gasteiger partial charge in [-0.3, -0.25) is 4.72 Å². The lowest BCUT2D eigenvalue weighted by Gasteiger charge is -2.07. The van der Waals surface area contributed by atoms with Crippen LogP contribution in [0, 0.1) is 6.92 Å². The number of thiazole rings is 1. The van der Waals surface area contributed by atoms with Gasteiger partial charge in [-0.05, 0) is 25.1 Å². The number of benzene rings is 1. The normalized spacial score (nSPS) is 11.2. The minimum atomic E-state index is -3.95. The van der Waals surface area contributed by atoms with E-state index in [0.29, 0.717) is 5.69 Å². The van der Waals surface area contributed by atoms with E-state index in [4.69, 9.17) is 5.11 Å². The van der Waals surface area contributed by atoms with Crippen molar-refractivity contribution < 1.29 is 23.4 Å². The van der Waals surface area contributed by atoms with E-state index in [9.17, 15) is 18.3 Å². The van der Waals surface area contributed by atoms with Gasteiger partial charge >= 0.3 is 5.97 Å². The first-order chi connectivity index (χ1) is 9.29. The summed E-state index contributed by atoms with van der Waals surface area (Å²) in [5, 5.41) is 20.1. The average molecular weight is 314 g/mol. The average Bonchev–Trinajstić information content (AvgIpc) is 2.73. The number of carboxylic acids is 1. The molecule has 0 atom stereocenters. The first-order valence-electron chi connectivity index (χ1n) is 5.31. The molecule has 1 aromatic heterocycles. The van der Waals surface area contributed by atoms with Crippen LogP contribution in [0.2, 0.25) is 0 Å². The molecule has 0 aliphatic heterocycles. The van der Waals surface area contributed by atoms with Crippen LogP contribution in [0.1, 0.15) is 16.1 Å². The van der Waals surface area contributed by atoms with E-state index in [2.05, 4.69) is 9.71 Å². The number of aryl methyl sites for hydroxylation is 1. The molecule has 0 amide bonds. The highest BCUT2D eigenvalue weighted by Gasteiger charge is 2.19. The van der Waals surface area contributed by atoms with Crippen molar-refractivity contribution in [2.24, 2.45) is 0 Å². The Labute approximate surface area is 118 Å². The Morgan fingerprint density at radius 3 is 2.65 bits per heavy atom. The fourth-order valence-electron chi connectivity index (χ4n) is 1.43. The molecule has 0 fully saturated rings. The summed E-state index contributed by atoms with van der Waals surface area (Å²) in [6.07, 6.45) is 0. The Bertz CT molecular complexity index is 767. The highest BCUT2D eigenvalue weighted by molar-refractivity contribution is 7.93. The molecule has 9 heteroatoms. The topological polar surface area (TPSA) is 117 Å². The van der Waals surface area contributed by atoms with Gasteiger partial charge in [0, 0.05) is 5.38 Å². The number of carboxylic acid groups (broad SMARTS) is 1. The van der Waals surface area contributed by atoms with Gasteiger partial charge < -0.3 is 10.2 Å². The second kappa shape index (κ2) is 5.10. The van der Waals surface area contributed by atoms with Crippen molar-refractivity contribution in [1.82, 2.24) is 4.98 Å². The molecule has 2 aromatic rings. The molecule has 1 aromatic carbocycles. The number of anilines is 1. The highest BCUT2D eigenvalue weighted by atomic mass is 32.2. The molecule has 0 aliphatic rings. The Hall–Kier alpha value is -2.13. The molecule has 7 nitrogen and oxygen atoms in total. The molecule has 0 aliphatic carbocycles. The van der Waals surface area contributed by atoms with E-state index in [1.54, 1.807) is 12.3 Å². The molecule has 1 heterocycles. The van der Waals surface area contributed by atoms with E-state index in [1.807, 2.05) is 0 Å². The zero-order chi connectivity index (χ0) is 14.9. The monoisotopic (exact) mass is 314 g/mol. The number of nitrogens with zero attached hydrogens (tertiary/aromatic N) is 1. The molecule has 20 heavy (non-hydrogen) atoms. The summed E-state index contributed by atoms with van der Waals surface area (Å²) in [5.74, 6) is -1.91. The number of phenols is 1. The van der Waals surface area contributed by atoms with Crippen molar-refractivity contribution in [2.75, 3.05) is 4.72 Å². The van der Waals surface area contributed by atoms with Crippen LogP contribution in [0.4, 0.5) is 5.13 Å². The second-order valence-electron chi connectivity index (χ2n) is 3.88. The Morgan fingerprint density at radius 2 is 2.10 bits per heavy atom. The van der Waals surface area contributed by atoms with Gasteiger partial charge in [-0.1, -0.05) is 0 Å². The van der Waals surface area contributed by atoms with Gasteiger partial charge in [0.25, 0.3) is 10.0 Å². The van der Waals surface area contributed by atoms with Gasteiger partial charge in [-0.2, -0.15) is 0 Å². The van der Waals surface area contributed by atoms with Gasteiger partial charge in [0.05, 0.1) is 10.6 Å². The molecule has 106 valence electrons. The van der Waals surface area contributed by atoms with E-state index in [-0.39, 0.29) is 10.0 Å². The van der Waals surface area contributed by atoms with Crippen LogP contribution in [0.5, 0.6) is 5.75 Å². The summed E-state index contributed by atoms with van der Waals surface area (Å²) in [4.78, 5) is 14.6. The Balaban J connectivity index is 2.39. The molecule has 0 saturated heterocycles. The molecular formula is C11H10N2O5S2. The largest absolute Gasteiger partial charge is 0.507 e. The maximum absolute atomic E-state index is 12.1. The fraction of sp³-hybridized carbons (Fsp3) is 0.0909. The molecule has 3 N–H and O–H groups in total. The van der Waals surface area contributed by atoms with Crippen LogP contribution < -0.4 is 4.72 Å². The molecule has 0 saturated carbocycles. The number of aromatic nitrogens is 1. The van der Waals surface area contributed by atoms with Crippen molar-refractivity contribution in [3.05, 3.63) is 34.8 Å². The standard InChI is InChI=1S/C11H10N2O5S2/c1-6-5-19-11(12-6)13-20(17,18)7-2-3-9(14)8(4-7)10(15)16/h2-5,14H,1H3,(H,12,13)(H,15,16). The zero-order valence-corrected chi connectivity index (χ0v) is 11.8. The predicted octanol–water partition coefficient (Wildman–Crippen LogP) is 1.66. The summed E-state index contributed by atoms with van der Waals surface area (Å²) in [7, 11) is -3.95. The van der Waals surface area contributed by atoms with Gasteiger partial charge in [-0.15, -0.1) is 11.3 Å². The summed E-state index contributed by atoms with van der Waals surface area (Å²) in [5.41, 5.74) is 0.188. The molecule has 0 spiro atoms. The third-order valence-corrected chi connectivity index (χ3v) is 4.69. The number of nitrogens with one attached hydrogen (secondary N) is 1. The van der Waals surface area contributed by atoms with Crippen molar-refractivity contribution in [1.29, 1.82) is 0 Å². The van der Waals surface area contributed by atoms with E-state index < -0.39 is 27.3 Å². The molecule has 0 unspecified atom stereocenters. The van der Waals surface area contributed by atoms with Crippen molar-refractivity contribution >= 4 is 32.5 Å². The van der Waals surface area contributed by atoms with Crippen LogP contribution in [0.15, 0.2) is 28.5 Å². The number of hydrogen-bond acceptors (Lipinski definition) is 6. The molecular weight excluding hydrogens is 304 g/mol. The van der Waals surface area contributed by atoms with Gasteiger partial charge in [0.15, 0.2) is 5.13 Å². The first-order valence-corrected chi connectivity index (χ1v) is 7.67. The van der Waals surface area contributed by atoms with E-state index >= 15 is 0 Å². The highest BCUT2D eigenvalue weighted by Crippen LogP contribution is 2.24. The summed E-state index contributed by atoms with van der Waals surface area (Å²) >= 11 is 1.12. The number of rotatable bonds is 4. The third kappa shape index (κ3) is 2.89. The van der Waals surface area contributed by atoms with Gasteiger partial charge in [-0.25, -0.2) is 18.2 Å². The third-order valence-electron chi connectivity index (χ3n) is 2.35. The summed E-state index contributed by atoms with van der Waals surface area (Å²) < 4.78 is 26.4. The summed E-state index contributed by atoms with van der Waals surface area (Å²) in [6.45, 7) is 1.72. The van der Waals surface area contributed by atoms with Crippen molar-refractivity contribution in [3.8, 4) is 5.75 Å². The van der Waals surface area contributed by atoms with Crippen molar-refractivity contribution in [3.63, 3.8) is 0 Å². The van der Waals surface area contributed by atoms with Gasteiger partial charge in [0.1, 0.15) is 11.3 Å². The van der Waals surface area contributed by atoms with Crippen LogP contribution >= 0.6 is 11.3 Å². The number of hydrogen-bond donors (Lipinski definition) is 3. The number of aromatic hydroxyl groups is 1. The Kier molecular flexibility index (Phi) is 3.64. The quantitative estimate of drug-likeness (QED) is 0.790. The molecule has 2 rings (SSSR count). The SMILES string of the molecule is Cc1csc(NS(=O)(=O)c2ccc(O)c(C(=O)O)c2)n1. The number of sulfonamides is 1. The minimum absolute atomic E-state index is 0.187. The lowest BCUT2D eigenvalue weighted by molar-refractivity contribution is 0.0693. The molecule has 0 bridgehead atoms. The lowest BCUT2D eigenvalue weighted by Crippen LogP contribution is -2.13. The van der Waals surface area contributed by atoms with E-state index in [0.717, 1.165) is 29.5 Å². The van der Waals surface area contributed by atoms with Crippen LogP contribution in [-0.2, 0) is 10.0 Å². The smallest absolute Gasteiger partial charge is 0.339 e. The van der Waals surface area contributed by atoms with Gasteiger partial charge in [0.2, 0.25) is 0 Å².